The number of halogens is 1. The number of nitrogens with one attached hydrogen (secondary N) is 2. The molecule has 160 valence electrons. The second kappa shape index (κ2) is 9.16. The first-order valence-electron chi connectivity index (χ1n) is 10.5. The minimum absolute atomic E-state index is 0.0630. The van der Waals surface area contributed by atoms with E-state index in [1.165, 1.54) is 24.6 Å². The predicted octanol–water partition coefficient (Wildman–Crippen LogP) is 5.04. The fraction of sp³-hybridized carbons (Fsp3) is 0.280. The molecule has 0 spiro atoms. The first-order chi connectivity index (χ1) is 15.0. The van der Waals surface area contributed by atoms with Crippen molar-refractivity contribution in [2.24, 2.45) is 5.92 Å². The molecule has 1 aliphatic rings. The van der Waals surface area contributed by atoms with Gasteiger partial charge in [0.1, 0.15) is 17.3 Å². The Morgan fingerprint density at radius 3 is 2.68 bits per heavy atom. The zero-order valence-corrected chi connectivity index (χ0v) is 17.4. The summed E-state index contributed by atoms with van der Waals surface area (Å²) in [6, 6.07) is 16.7. The Bertz CT molecular complexity index is 1090. The number of hydrogen-bond donors (Lipinski definition) is 2. The quantitative estimate of drug-likeness (QED) is 0.536. The molecule has 2 aromatic carbocycles. The lowest BCUT2D eigenvalue weighted by molar-refractivity contribution is -0.121. The molecule has 2 unspecified atom stereocenters. The number of carbonyl (C=O) groups excluding carboxylic acids is 2. The van der Waals surface area contributed by atoms with Crippen molar-refractivity contribution in [2.45, 2.75) is 38.6 Å². The molecule has 2 atom stereocenters. The van der Waals surface area contributed by atoms with Gasteiger partial charge >= 0.3 is 0 Å². The van der Waals surface area contributed by atoms with Crippen LogP contribution in [0.1, 0.15) is 53.1 Å². The lowest BCUT2D eigenvalue weighted by atomic mass is 10.1. The van der Waals surface area contributed by atoms with Crippen LogP contribution in [0.4, 0.5) is 10.1 Å². The second-order valence-electron chi connectivity index (χ2n) is 8.07. The molecule has 5 nitrogen and oxygen atoms in total. The van der Waals surface area contributed by atoms with Gasteiger partial charge in [0, 0.05) is 36.6 Å². The van der Waals surface area contributed by atoms with E-state index in [2.05, 4.69) is 17.6 Å². The van der Waals surface area contributed by atoms with Gasteiger partial charge < -0.3 is 15.1 Å². The average molecular weight is 420 g/mol. The lowest BCUT2D eigenvalue weighted by Gasteiger charge is -2.09. The largest absolute Gasteiger partial charge is 0.466 e. The molecule has 0 aliphatic heterocycles. The van der Waals surface area contributed by atoms with Gasteiger partial charge in [-0.05, 0) is 60.4 Å². The number of rotatable bonds is 8. The highest BCUT2D eigenvalue weighted by Crippen LogP contribution is 2.47. The summed E-state index contributed by atoms with van der Waals surface area (Å²) in [4.78, 5) is 24.5. The van der Waals surface area contributed by atoms with Crippen LogP contribution in [-0.4, -0.2) is 11.8 Å². The van der Waals surface area contributed by atoms with E-state index in [0.717, 1.165) is 17.1 Å². The number of benzene rings is 2. The Morgan fingerprint density at radius 2 is 1.90 bits per heavy atom. The molecule has 6 heteroatoms. The van der Waals surface area contributed by atoms with Crippen molar-refractivity contribution in [3.05, 3.63) is 89.1 Å². The molecule has 31 heavy (non-hydrogen) atoms. The first-order valence-corrected chi connectivity index (χ1v) is 10.5. The van der Waals surface area contributed by atoms with Gasteiger partial charge in [-0.3, -0.25) is 9.59 Å². The van der Waals surface area contributed by atoms with Crippen molar-refractivity contribution in [3.63, 3.8) is 0 Å². The normalized spacial score (nSPS) is 17.2. The third kappa shape index (κ3) is 5.60. The predicted molar refractivity (Wildman–Crippen MR) is 116 cm³/mol. The Balaban J connectivity index is 1.25. The van der Waals surface area contributed by atoms with Gasteiger partial charge in [0.25, 0.3) is 5.91 Å². The fourth-order valence-electron chi connectivity index (χ4n) is 3.56. The van der Waals surface area contributed by atoms with Crippen LogP contribution in [0.5, 0.6) is 0 Å². The third-order valence-electron chi connectivity index (χ3n) is 5.52. The lowest BCUT2D eigenvalue weighted by Crippen LogP contribution is -2.23. The highest BCUT2D eigenvalue weighted by atomic mass is 19.1. The van der Waals surface area contributed by atoms with Gasteiger partial charge in [0.05, 0.1) is 0 Å². The summed E-state index contributed by atoms with van der Waals surface area (Å²) in [5.41, 5.74) is 1.68. The molecular formula is C25H25FN2O3. The van der Waals surface area contributed by atoms with Crippen molar-refractivity contribution in [1.29, 1.82) is 0 Å². The Kier molecular flexibility index (Phi) is 6.16. The van der Waals surface area contributed by atoms with Crippen molar-refractivity contribution >= 4 is 17.5 Å². The summed E-state index contributed by atoms with van der Waals surface area (Å²) in [7, 11) is 0. The van der Waals surface area contributed by atoms with Crippen LogP contribution in [0.3, 0.4) is 0 Å². The Hall–Kier alpha value is -3.41. The van der Waals surface area contributed by atoms with Gasteiger partial charge in [-0.15, -0.1) is 0 Å². The van der Waals surface area contributed by atoms with Crippen LogP contribution in [0.15, 0.2) is 65.1 Å². The molecule has 1 saturated carbocycles. The molecule has 0 saturated heterocycles. The minimum atomic E-state index is -0.461. The van der Waals surface area contributed by atoms with Crippen molar-refractivity contribution in [3.8, 4) is 0 Å². The monoisotopic (exact) mass is 420 g/mol. The first kappa shape index (κ1) is 20.8. The van der Waals surface area contributed by atoms with Crippen LogP contribution in [0, 0.1) is 11.7 Å². The highest BCUT2D eigenvalue weighted by Gasteiger charge is 2.36. The van der Waals surface area contributed by atoms with E-state index >= 15 is 0 Å². The molecule has 0 bridgehead atoms. The maximum Gasteiger partial charge on any atom is 0.255 e. The van der Waals surface area contributed by atoms with Crippen molar-refractivity contribution in [1.82, 2.24) is 5.32 Å². The van der Waals surface area contributed by atoms with Crippen LogP contribution in [-0.2, 0) is 17.8 Å². The topological polar surface area (TPSA) is 71.3 Å². The van der Waals surface area contributed by atoms with E-state index in [-0.39, 0.29) is 17.4 Å². The molecule has 1 aromatic heterocycles. The number of amides is 2. The smallest absolute Gasteiger partial charge is 0.255 e. The van der Waals surface area contributed by atoms with E-state index in [1.807, 2.05) is 18.2 Å². The van der Waals surface area contributed by atoms with E-state index in [4.69, 9.17) is 4.42 Å². The van der Waals surface area contributed by atoms with Crippen LogP contribution in [0.2, 0.25) is 0 Å². The summed E-state index contributed by atoms with van der Waals surface area (Å²) < 4.78 is 19.2. The van der Waals surface area contributed by atoms with Crippen LogP contribution < -0.4 is 10.6 Å². The second-order valence-corrected chi connectivity index (χ2v) is 8.07. The number of hydrogen-bond acceptors (Lipinski definition) is 3. The van der Waals surface area contributed by atoms with Gasteiger partial charge in [-0.2, -0.15) is 0 Å². The number of furan rings is 1. The number of aryl methyl sites for hydroxylation is 1. The van der Waals surface area contributed by atoms with Crippen molar-refractivity contribution in [2.75, 3.05) is 5.32 Å². The van der Waals surface area contributed by atoms with Gasteiger partial charge in [-0.25, -0.2) is 4.39 Å². The maximum absolute atomic E-state index is 13.3. The van der Waals surface area contributed by atoms with Crippen LogP contribution in [0.25, 0.3) is 0 Å². The Labute approximate surface area is 180 Å². The van der Waals surface area contributed by atoms with E-state index in [0.29, 0.717) is 36.9 Å². The van der Waals surface area contributed by atoms with Crippen molar-refractivity contribution < 1.29 is 18.4 Å². The standard InChI is InChI=1S/C25H25FN2O3/c1-16-12-22(16)23-10-8-21(31-23)9-11-24(29)27-15-17-4-2-7-20(13-17)28-25(30)18-5-3-6-19(26)14-18/h2-8,10,13-14,16,22H,9,11-12,15H2,1H3,(H,27,29)(H,28,30). The molecule has 2 amide bonds. The zero-order valence-electron chi connectivity index (χ0n) is 17.4. The average Bonchev–Trinajstić information content (AvgIpc) is 3.30. The number of carbonyl (C=O) groups is 2. The molecule has 1 aliphatic carbocycles. The molecule has 2 N–H and O–H groups in total. The molecule has 1 fully saturated rings. The fourth-order valence-corrected chi connectivity index (χ4v) is 3.56. The number of anilines is 1. The van der Waals surface area contributed by atoms with E-state index in [9.17, 15) is 14.0 Å². The molecule has 0 radical (unpaired) electrons. The minimum Gasteiger partial charge on any atom is -0.466 e. The summed E-state index contributed by atoms with van der Waals surface area (Å²) in [6.07, 6.45) is 2.09. The summed E-state index contributed by atoms with van der Waals surface area (Å²) >= 11 is 0. The highest BCUT2D eigenvalue weighted by molar-refractivity contribution is 6.04. The summed E-state index contributed by atoms with van der Waals surface area (Å²) in [6.45, 7) is 2.56. The van der Waals surface area contributed by atoms with Gasteiger partial charge in [0.15, 0.2) is 0 Å². The third-order valence-corrected chi connectivity index (χ3v) is 5.52. The Morgan fingerprint density at radius 1 is 1.10 bits per heavy atom. The van der Waals surface area contributed by atoms with Gasteiger partial charge in [0.2, 0.25) is 5.91 Å². The van der Waals surface area contributed by atoms with Gasteiger partial charge in [-0.1, -0.05) is 25.1 Å². The van der Waals surface area contributed by atoms with E-state index in [1.54, 1.807) is 24.3 Å². The molecule has 1 heterocycles. The SMILES string of the molecule is CC1CC1c1ccc(CCC(=O)NCc2cccc(NC(=O)c3cccc(F)c3)c2)o1. The van der Waals surface area contributed by atoms with E-state index < -0.39 is 5.82 Å². The molecular weight excluding hydrogens is 395 g/mol. The molecule has 4 rings (SSSR count). The maximum atomic E-state index is 13.3. The zero-order chi connectivity index (χ0) is 21.8. The van der Waals surface area contributed by atoms with Crippen LogP contribution >= 0.6 is 0 Å². The molecule has 3 aromatic rings. The summed E-state index contributed by atoms with van der Waals surface area (Å²) in [5.74, 6) is 2.18. The summed E-state index contributed by atoms with van der Waals surface area (Å²) in [5, 5.41) is 5.64.